The molecular weight excluding hydrogens is 273 g/mol. The van der Waals surface area contributed by atoms with Crippen LogP contribution in [0.5, 0.6) is 0 Å². The lowest BCUT2D eigenvalue weighted by atomic mass is 9.94. The van der Waals surface area contributed by atoms with Crippen molar-refractivity contribution in [1.29, 1.82) is 0 Å². The molecular formula is C17H19ClFN. The second-order valence-corrected chi connectivity index (χ2v) is 5.41. The lowest BCUT2D eigenvalue weighted by molar-refractivity contribution is 0.600. The van der Waals surface area contributed by atoms with E-state index >= 15 is 0 Å². The van der Waals surface area contributed by atoms with Crippen LogP contribution in [0.2, 0.25) is 5.02 Å². The molecule has 1 atom stereocenters. The summed E-state index contributed by atoms with van der Waals surface area (Å²) in [6, 6.07) is 10.8. The van der Waals surface area contributed by atoms with Gasteiger partial charge in [0.05, 0.1) is 6.04 Å². The van der Waals surface area contributed by atoms with Crippen LogP contribution in [0.15, 0.2) is 36.4 Å². The molecule has 0 fully saturated rings. The number of hydrogen-bond acceptors (Lipinski definition) is 1. The maximum Gasteiger partial charge on any atom is 0.123 e. The first-order valence-electron chi connectivity index (χ1n) is 6.78. The van der Waals surface area contributed by atoms with E-state index in [-0.39, 0.29) is 11.9 Å². The Kier molecular flexibility index (Phi) is 4.79. The Balaban J connectivity index is 2.49. The van der Waals surface area contributed by atoms with Crippen LogP contribution in [0.3, 0.4) is 0 Å². The number of rotatable bonds is 4. The topological polar surface area (TPSA) is 12.0 Å². The lowest BCUT2D eigenvalue weighted by Gasteiger charge is -2.21. The lowest BCUT2D eigenvalue weighted by Crippen LogP contribution is -2.23. The molecule has 2 rings (SSSR count). The predicted octanol–water partition coefficient (Wildman–Crippen LogP) is 4.79. The maximum atomic E-state index is 13.6. The van der Waals surface area contributed by atoms with Crippen molar-refractivity contribution in [2.45, 2.75) is 26.8 Å². The number of hydrogen-bond donors (Lipinski definition) is 1. The summed E-state index contributed by atoms with van der Waals surface area (Å²) in [6.45, 7) is 6.81. The van der Waals surface area contributed by atoms with Crippen molar-refractivity contribution in [3.05, 3.63) is 69.5 Å². The van der Waals surface area contributed by atoms with Crippen molar-refractivity contribution in [3.63, 3.8) is 0 Å². The SMILES string of the molecule is CCNC(c1ccc(C)c(Cl)c1)c1cc(F)ccc1C. The van der Waals surface area contributed by atoms with E-state index in [1.54, 1.807) is 6.07 Å². The summed E-state index contributed by atoms with van der Waals surface area (Å²) < 4.78 is 13.6. The van der Waals surface area contributed by atoms with Crippen molar-refractivity contribution < 1.29 is 4.39 Å². The van der Waals surface area contributed by atoms with Gasteiger partial charge in [0.25, 0.3) is 0 Å². The van der Waals surface area contributed by atoms with Crippen LogP contribution in [0.1, 0.15) is 35.2 Å². The van der Waals surface area contributed by atoms with Crippen molar-refractivity contribution in [2.24, 2.45) is 0 Å². The highest BCUT2D eigenvalue weighted by molar-refractivity contribution is 6.31. The van der Waals surface area contributed by atoms with Gasteiger partial charge in [-0.25, -0.2) is 4.39 Å². The van der Waals surface area contributed by atoms with E-state index in [2.05, 4.69) is 5.32 Å². The molecule has 0 aliphatic carbocycles. The van der Waals surface area contributed by atoms with Crippen LogP contribution in [-0.4, -0.2) is 6.54 Å². The molecule has 2 aromatic rings. The number of halogens is 2. The Morgan fingerprint density at radius 3 is 2.45 bits per heavy atom. The van der Waals surface area contributed by atoms with E-state index < -0.39 is 0 Å². The molecule has 3 heteroatoms. The van der Waals surface area contributed by atoms with Gasteiger partial charge >= 0.3 is 0 Å². The number of nitrogens with one attached hydrogen (secondary N) is 1. The van der Waals surface area contributed by atoms with Gasteiger partial charge in [-0.1, -0.05) is 36.7 Å². The Morgan fingerprint density at radius 1 is 1.10 bits per heavy atom. The number of benzene rings is 2. The molecule has 0 saturated heterocycles. The van der Waals surface area contributed by atoms with Gasteiger partial charge in [0.1, 0.15) is 5.82 Å². The third-order valence-electron chi connectivity index (χ3n) is 3.49. The largest absolute Gasteiger partial charge is 0.307 e. The molecule has 20 heavy (non-hydrogen) atoms. The van der Waals surface area contributed by atoms with Crippen LogP contribution in [-0.2, 0) is 0 Å². The van der Waals surface area contributed by atoms with E-state index in [9.17, 15) is 4.39 Å². The van der Waals surface area contributed by atoms with Gasteiger partial charge in [-0.3, -0.25) is 0 Å². The van der Waals surface area contributed by atoms with E-state index in [4.69, 9.17) is 11.6 Å². The average molecular weight is 292 g/mol. The summed E-state index contributed by atoms with van der Waals surface area (Å²) in [5.74, 6) is -0.216. The molecule has 0 spiro atoms. The molecule has 1 nitrogen and oxygen atoms in total. The van der Waals surface area contributed by atoms with Gasteiger partial charge < -0.3 is 5.32 Å². The molecule has 1 N–H and O–H groups in total. The van der Waals surface area contributed by atoms with E-state index in [1.807, 2.05) is 45.0 Å². The van der Waals surface area contributed by atoms with Crippen molar-refractivity contribution in [2.75, 3.05) is 6.54 Å². The molecule has 1 unspecified atom stereocenters. The zero-order valence-electron chi connectivity index (χ0n) is 12.0. The monoisotopic (exact) mass is 291 g/mol. The fourth-order valence-corrected chi connectivity index (χ4v) is 2.51. The summed E-state index contributed by atoms with van der Waals surface area (Å²) in [5, 5.41) is 4.14. The molecule has 106 valence electrons. The second-order valence-electron chi connectivity index (χ2n) is 5.00. The molecule has 2 aromatic carbocycles. The van der Waals surface area contributed by atoms with Gasteiger partial charge in [0, 0.05) is 5.02 Å². The summed E-state index contributed by atoms with van der Waals surface area (Å²) in [5.41, 5.74) is 4.11. The van der Waals surface area contributed by atoms with Crippen LogP contribution < -0.4 is 5.32 Å². The summed E-state index contributed by atoms with van der Waals surface area (Å²) in [6.07, 6.45) is 0. The highest BCUT2D eigenvalue weighted by Gasteiger charge is 2.16. The Morgan fingerprint density at radius 2 is 1.80 bits per heavy atom. The molecule has 0 aliphatic heterocycles. The molecule has 0 amide bonds. The van der Waals surface area contributed by atoms with Crippen LogP contribution in [0.4, 0.5) is 4.39 Å². The average Bonchev–Trinajstić information content (AvgIpc) is 2.42. The third-order valence-corrected chi connectivity index (χ3v) is 3.90. The Bertz CT molecular complexity index is 610. The summed E-state index contributed by atoms with van der Waals surface area (Å²) >= 11 is 6.21. The highest BCUT2D eigenvalue weighted by Crippen LogP contribution is 2.28. The van der Waals surface area contributed by atoms with Gasteiger partial charge in [0.2, 0.25) is 0 Å². The minimum atomic E-state index is -0.216. The van der Waals surface area contributed by atoms with Crippen molar-refractivity contribution in [1.82, 2.24) is 5.32 Å². The van der Waals surface area contributed by atoms with Crippen LogP contribution in [0, 0.1) is 19.7 Å². The van der Waals surface area contributed by atoms with Crippen LogP contribution >= 0.6 is 11.6 Å². The smallest absolute Gasteiger partial charge is 0.123 e. The van der Waals surface area contributed by atoms with E-state index in [1.165, 1.54) is 6.07 Å². The normalized spacial score (nSPS) is 12.4. The maximum absolute atomic E-state index is 13.6. The van der Waals surface area contributed by atoms with Gasteiger partial charge in [0.15, 0.2) is 0 Å². The summed E-state index contributed by atoms with van der Waals surface area (Å²) in [7, 11) is 0. The van der Waals surface area contributed by atoms with Crippen molar-refractivity contribution >= 4 is 11.6 Å². The first-order valence-corrected chi connectivity index (χ1v) is 7.16. The van der Waals surface area contributed by atoms with Crippen molar-refractivity contribution in [3.8, 4) is 0 Å². The third kappa shape index (κ3) is 3.20. The first kappa shape index (κ1) is 15.0. The van der Waals surface area contributed by atoms with Gasteiger partial charge in [-0.2, -0.15) is 0 Å². The standard InChI is InChI=1S/C17H19ClFN/c1-4-20-17(13-7-5-12(3)16(18)9-13)15-10-14(19)8-6-11(15)2/h5-10,17,20H,4H2,1-3H3. The molecule has 0 bridgehead atoms. The minimum absolute atomic E-state index is 0.0474. The zero-order valence-corrected chi connectivity index (χ0v) is 12.8. The van der Waals surface area contributed by atoms with Gasteiger partial charge in [-0.15, -0.1) is 0 Å². The highest BCUT2D eigenvalue weighted by atomic mass is 35.5. The Labute approximate surface area is 124 Å². The Hall–Kier alpha value is -1.38. The first-order chi connectivity index (χ1) is 9.52. The molecule has 0 saturated carbocycles. The van der Waals surface area contributed by atoms with Gasteiger partial charge in [-0.05, 0) is 60.8 Å². The molecule has 0 heterocycles. The fourth-order valence-electron chi connectivity index (χ4n) is 2.32. The molecule has 0 radical (unpaired) electrons. The fraction of sp³-hybridized carbons (Fsp3) is 0.294. The zero-order chi connectivity index (χ0) is 14.7. The van der Waals surface area contributed by atoms with Crippen LogP contribution in [0.25, 0.3) is 0 Å². The molecule has 0 aromatic heterocycles. The van der Waals surface area contributed by atoms with E-state index in [0.717, 1.165) is 33.8 Å². The van der Waals surface area contributed by atoms with E-state index in [0.29, 0.717) is 0 Å². The summed E-state index contributed by atoms with van der Waals surface area (Å²) in [4.78, 5) is 0. The number of aryl methyl sites for hydroxylation is 2. The second kappa shape index (κ2) is 6.38. The molecule has 0 aliphatic rings. The quantitative estimate of drug-likeness (QED) is 0.853. The predicted molar refractivity (Wildman–Crippen MR) is 82.8 cm³/mol. The minimum Gasteiger partial charge on any atom is -0.307 e.